The number of hydrogen-bond acceptors (Lipinski definition) is 2. The molecule has 4 aromatic carbocycles. The second-order valence-corrected chi connectivity index (χ2v) is 7.65. The molecule has 4 heteroatoms. The van der Waals surface area contributed by atoms with Crippen LogP contribution in [0.3, 0.4) is 0 Å². The molecule has 0 aliphatic carbocycles. The van der Waals surface area contributed by atoms with Crippen LogP contribution in [0.2, 0.25) is 0 Å². The molecule has 0 saturated carbocycles. The van der Waals surface area contributed by atoms with Crippen molar-refractivity contribution >= 4 is 28.4 Å². The first-order chi connectivity index (χ1) is 15.6. The highest BCUT2D eigenvalue weighted by atomic mass is 19.1. The third kappa shape index (κ3) is 4.61. The minimum absolute atomic E-state index is 0.160. The molecule has 0 heterocycles. The molecule has 4 rings (SSSR count). The highest BCUT2D eigenvalue weighted by molar-refractivity contribution is 6.14. The van der Waals surface area contributed by atoms with Gasteiger partial charge in [0.15, 0.2) is 0 Å². The van der Waals surface area contributed by atoms with Gasteiger partial charge in [-0.05, 0) is 69.8 Å². The van der Waals surface area contributed by atoms with Crippen LogP contribution in [0, 0.1) is 5.82 Å². The van der Waals surface area contributed by atoms with Crippen molar-refractivity contribution in [2.24, 2.45) is 5.73 Å². The molecule has 0 bridgehead atoms. The Labute approximate surface area is 187 Å². The lowest BCUT2D eigenvalue weighted by atomic mass is 9.95. The van der Waals surface area contributed by atoms with E-state index in [1.807, 2.05) is 73.7 Å². The van der Waals surface area contributed by atoms with Crippen molar-refractivity contribution < 1.29 is 9.18 Å². The summed E-state index contributed by atoms with van der Waals surface area (Å²) in [6.07, 6.45) is 4.78. The van der Waals surface area contributed by atoms with Crippen LogP contribution in [0.15, 0.2) is 84.9 Å². The maximum Gasteiger partial charge on any atom is 0.256 e. The van der Waals surface area contributed by atoms with Gasteiger partial charge in [-0.3, -0.25) is 4.79 Å². The number of amides is 1. The van der Waals surface area contributed by atoms with Crippen LogP contribution in [0.25, 0.3) is 28.0 Å². The van der Waals surface area contributed by atoms with E-state index in [0.29, 0.717) is 12.1 Å². The summed E-state index contributed by atoms with van der Waals surface area (Å²) in [5.74, 6) is -0.823. The molecule has 0 atom stereocenters. The lowest BCUT2D eigenvalue weighted by Crippen LogP contribution is -2.14. The van der Waals surface area contributed by atoms with Gasteiger partial charge in [-0.15, -0.1) is 0 Å². The Hall–Kier alpha value is -3.76. The normalized spacial score (nSPS) is 11.2. The maximum absolute atomic E-state index is 14.5. The second kappa shape index (κ2) is 9.58. The van der Waals surface area contributed by atoms with Gasteiger partial charge in [0.2, 0.25) is 0 Å². The number of halogens is 1. The Balaban J connectivity index is 1.76. The quantitative estimate of drug-likeness (QED) is 0.358. The van der Waals surface area contributed by atoms with Crippen LogP contribution in [0.1, 0.15) is 34.8 Å². The Morgan fingerprint density at radius 1 is 0.969 bits per heavy atom. The van der Waals surface area contributed by atoms with Gasteiger partial charge in [-0.25, -0.2) is 4.39 Å². The number of nitrogens with one attached hydrogen (secondary N) is 1. The molecule has 160 valence electrons. The summed E-state index contributed by atoms with van der Waals surface area (Å²) >= 11 is 0. The summed E-state index contributed by atoms with van der Waals surface area (Å²) < 4.78 is 14.5. The number of rotatable bonds is 6. The monoisotopic (exact) mass is 424 g/mol. The fourth-order valence-electron chi connectivity index (χ4n) is 3.73. The average molecular weight is 425 g/mol. The van der Waals surface area contributed by atoms with E-state index < -0.39 is 5.82 Å². The molecule has 4 aromatic rings. The van der Waals surface area contributed by atoms with Crippen molar-refractivity contribution in [1.29, 1.82) is 0 Å². The summed E-state index contributed by atoms with van der Waals surface area (Å²) in [6, 6.07) is 24.3. The predicted molar refractivity (Wildman–Crippen MR) is 131 cm³/mol. The molecule has 0 aromatic heterocycles. The molecule has 0 aliphatic rings. The molecular formula is C28H25FN2O. The SMILES string of the molecule is CCC=Cc1ccc(F)c(NC(=O)c2cc(-c3cccc(CN)c3)cc3ccccc23)c1. The van der Waals surface area contributed by atoms with Gasteiger partial charge in [0.05, 0.1) is 5.69 Å². The van der Waals surface area contributed by atoms with Crippen LogP contribution in [-0.2, 0) is 6.54 Å². The van der Waals surface area contributed by atoms with E-state index in [-0.39, 0.29) is 11.6 Å². The summed E-state index contributed by atoms with van der Waals surface area (Å²) in [6.45, 7) is 2.47. The molecule has 1 amide bonds. The van der Waals surface area contributed by atoms with Crippen molar-refractivity contribution in [2.45, 2.75) is 19.9 Å². The van der Waals surface area contributed by atoms with Gasteiger partial charge >= 0.3 is 0 Å². The summed E-state index contributed by atoms with van der Waals surface area (Å²) in [5.41, 5.74) is 10.2. The second-order valence-electron chi connectivity index (χ2n) is 7.65. The highest BCUT2D eigenvalue weighted by Crippen LogP contribution is 2.29. The highest BCUT2D eigenvalue weighted by Gasteiger charge is 2.15. The van der Waals surface area contributed by atoms with Gasteiger partial charge < -0.3 is 11.1 Å². The Bertz CT molecular complexity index is 1310. The zero-order chi connectivity index (χ0) is 22.5. The minimum Gasteiger partial charge on any atom is -0.326 e. The lowest BCUT2D eigenvalue weighted by Gasteiger charge is -2.13. The fraction of sp³-hybridized carbons (Fsp3) is 0.107. The molecule has 0 aliphatic heterocycles. The van der Waals surface area contributed by atoms with Crippen LogP contribution < -0.4 is 11.1 Å². The molecule has 3 nitrogen and oxygen atoms in total. The summed E-state index contributed by atoms with van der Waals surface area (Å²) in [4.78, 5) is 13.3. The van der Waals surface area contributed by atoms with Gasteiger partial charge in [0, 0.05) is 12.1 Å². The third-order valence-electron chi connectivity index (χ3n) is 5.39. The van der Waals surface area contributed by atoms with Crippen LogP contribution in [-0.4, -0.2) is 5.91 Å². The zero-order valence-electron chi connectivity index (χ0n) is 17.9. The van der Waals surface area contributed by atoms with Gasteiger partial charge in [-0.1, -0.05) is 67.6 Å². The number of fused-ring (bicyclic) bond motifs is 1. The van der Waals surface area contributed by atoms with Crippen LogP contribution >= 0.6 is 0 Å². The largest absolute Gasteiger partial charge is 0.326 e. The zero-order valence-corrected chi connectivity index (χ0v) is 17.9. The van der Waals surface area contributed by atoms with E-state index in [1.54, 1.807) is 12.1 Å². The minimum atomic E-state index is -0.469. The molecule has 0 spiro atoms. The number of anilines is 1. The first-order valence-corrected chi connectivity index (χ1v) is 10.7. The lowest BCUT2D eigenvalue weighted by molar-refractivity contribution is 0.102. The predicted octanol–water partition coefficient (Wildman–Crippen LogP) is 6.78. The average Bonchev–Trinajstić information content (AvgIpc) is 2.83. The Kier molecular flexibility index (Phi) is 6.43. The number of carbonyl (C=O) groups excluding carboxylic acids is 1. The van der Waals surface area contributed by atoms with Gasteiger partial charge in [0.25, 0.3) is 5.91 Å². The van der Waals surface area contributed by atoms with E-state index >= 15 is 0 Å². The van der Waals surface area contributed by atoms with E-state index in [1.165, 1.54) is 6.07 Å². The molecule has 0 radical (unpaired) electrons. The number of hydrogen-bond donors (Lipinski definition) is 2. The maximum atomic E-state index is 14.5. The number of nitrogens with two attached hydrogens (primary N) is 1. The van der Waals surface area contributed by atoms with E-state index in [4.69, 9.17) is 5.73 Å². The summed E-state index contributed by atoms with van der Waals surface area (Å²) in [7, 11) is 0. The molecular weight excluding hydrogens is 399 g/mol. The van der Waals surface area contributed by atoms with Crippen molar-refractivity contribution in [1.82, 2.24) is 0 Å². The molecule has 3 N–H and O–H groups in total. The van der Waals surface area contributed by atoms with Crippen molar-refractivity contribution in [2.75, 3.05) is 5.32 Å². The van der Waals surface area contributed by atoms with Gasteiger partial charge in [-0.2, -0.15) is 0 Å². The number of carbonyl (C=O) groups is 1. The van der Waals surface area contributed by atoms with E-state index in [0.717, 1.165) is 39.4 Å². The topological polar surface area (TPSA) is 55.1 Å². The number of benzene rings is 4. The molecule has 0 unspecified atom stereocenters. The molecule has 0 fully saturated rings. The van der Waals surface area contributed by atoms with E-state index in [9.17, 15) is 9.18 Å². The molecule has 0 saturated heterocycles. The van der Waals surface area contributed by atoms with Gasteiger partial charge in [0.1, 0.15) is 5.82 Å². The standard InChI is InChI=1S/C28H25FN2O/c1-2-3-7-19-12-13-26(29)27(15-19)31-28(32)25-17-23(16-22-9-4-5-11-24(22)25)21-10-6-8-20(14-21)18-30/h3-17H,2,18,30H2,1H3,(H,31,32). The van der Waals surface area contributed by atoms with Crippen molar-refractivity contribution in [3.8, 4) is 11.1 Å². The fourth-order valence-corrected chi connectivity index (χ4v) is 3.73. The van der Waals surface area contributed by atoms with Crippen LogP contribution in [0.4, 0.5) is 10.1 Å². The first kappa shape index (κ1) is 21.5. The Morgan fingerprint density at radius 2 is 1.81 bits per heavy atom. The third-order valence-corrected chi connectivity index (χ3v) is 5.39. The molecule has 32 heavy (non-hydrogen) atoms. The van der Waals surface area contributed by atoms with Crippen molar-refractivity contribution in [3.63, 3.8) is 0 Å². The van der Waals surface area contributed by atoms with E-state index in [2.05, 4.69) is 11.4 Å². The summed E-state index contributed by atoms with van der Waals surface area (Å²) in [5, 5.41) is 4.52. The van der Waals surface area contributed by atoms with Crippen molar-refractivity contribution in [3.05, 3.63) is 107 Å². The number of allylic oxidation sites excluding steroid dienone is 1. The smallest absolute Gasteiger partial charge is 0.256 e. The first-order valence-electron chi connectivity index (χ1n) is 10.7. The van der Waals surface area contributed by atoms with Crippen LogP contribution in [0.5, 0.6) is 0 Å². The Morgan fingerprint density at radius 3 is 2.62 bits per heavy atom.